The Bertz CT molecular complexity index is 1220. The van der Waals surface area contributed by atoms with E-state index in [4.69, 9.17) is 0 Å². The van der Waals surface area contributed by atoms with Gasteiger partial charge >= 0.3 is 0 Å². The third-order valence-corrected chi connectivity index (χ3v) is 4.98. The third kappa shape index (κ3) is 4.11. The molecule has 1 aliphatic heterocycles. The van der Waals surface area contributed by atoms with Crippen molar-refractivity contribution in [3.05, 3.63) is 101 Å². The van der Waals surface area contributed by atoms with Crippen LogP contribution in [0, 0.1) is 5.82 Å². The molecule has 1 aliphatic rings. The van der Waals surface area contributed by atoms with E-state index in [0.29, 0.717) is 23.4 Å². The van der Waals surface area contributed by atoms with Crippen molar-refractivity contribution in [2.24, 2.45) is 0 Å². The summed E-state index contributed by atoms with van der Waals surface area (Å²) >= 11 is 0. The summed E-state index contributed by atoms with van der Waals surface area (Å²) < 4.78 is 13.5. The lowest BCUT2D eigenvalue weighted by Gasteiger charge is -2.27. The van der Waals surface area contributed by atoms with Gasteiger partial charge in [-0.3, -0.25) is 19.4 Å². The van der Waals surface area contributed by atoms with Crippen LogP contribution in [-0.2, 0) is 11.3 Å². The first-order chi connectivity index (χ1) is 14.9. The Morgan fingerprint density at radius 3 is 2.71 bits per heavy atom. The van der Waals surface area contributed by atoms with Crippen molar-refractivity contribution in [1.82, 2.24) is 10.3 Å². The largest absolute Gasteiger partial charge is 0.348 e. The van der Waals surface area contributed by atoms with Crippen LogP contribution < -0.4 is 10.2 Å². The van der Waals surface area contributed by atoms with Crippen molar-refractivity contribution in [2.75, 3.05) is 11.9 Å². The topological polar surface area (TPSA) is 79.4 Å². The number of aromatic nitrogens is 1. The number of nitrogens with one attached hydrogen (secondary N) is 1. The number of hydrogen-bond acceptors (Lipinski definition) is 4. The lowest BCUT2D eigenvalue weighted by molar-refractivity contribution is -0.114. The Morgan fingerprint density at radius 1 is 1.13 bits per heavy atom. The van der Waals surface area contributed by atoms with Gasteiger partial charge in [0.05, 0.1) is 11.3 Å². The Balaban J connectivity index is 1.63. The van der Waals surface area contributed by atoms with E-state index in [1.807, 2.05) is 6.07 Å². The number of anilines is 1. The second-order valence-corrected chi connectivity index (χ2v) is 7.08. The van der Waals surface area contributed by atoms with Crippen molar-refractivity contribution in [1.29, 1.82) is 0 Å². The van der Waals surface area contributed by atoms with Crippen molar-refractivity contribution in [3.8, 4) is 0 Å². The maximum atomic E-state index is 13.5. The van der Waals surface area contributed by atoms with Crippen molar-refractivity contribution < 1.29 is 18.8 Å². The number of carbonyl (C=O) groups is 3. The van der Waals surface area contributed by atoms with E-state index in [0.717, 1.165) is 5.56 Å². The van der Waals surface area contributed by atoms with Gasteiger partial charge in [0.2, 0.25) is 5.78 Å². The van der Waals surface area contributed by atoms with E-state index in [-0.39, 0.29) is 17.0 Å². The Kier molecular flexibility index (Phi) is 5.41. The van der Waals surface area contributed by atoms with Gasteiger partial charge in [0.25, 0.3) is 11.8 Å². The molecule has 0 saturated heterocycles. The number of likely N-dealkylation sites (N-methyl/N-ethyl adjacent to an activating group) is 1. The van der Waals surface area contributed by atoms with Crippen LogP contribution in [0.5, 0.6) is 0 Å². The van der Waals surface area contributed by atoms with Gasteiger partial charge in [0, 0.05) is 37.1 Å². The molecule has 2 heterocycles. The quantitative estimate of drug-likeness (QED) is 0.523. The number of pyridine rings is 1. The molecule has 2 aromatic carbocycles. The highest BCUT2D eigenvalue weighted by Gasteiger charge is 2.33. The van der Waals surface area contributed by atoms with E-state index >= 15 is 0 Å². The van der Waals surface area contributed by atoms with E-state index in [2.05, 4.69) is 10.3 Å². The molecule has 154 valence electrons. The van der Waals surface area contributed by atoms with Crippen LogP contribution in [0.3, 0.4) is 0 Å². The summed E-state index contributed by atoms with van der Waals surface area (Å²) in [6.45, 7) is 0.292. The predicted molar refractivity (Wildman–Crippen MR) is 114 cm³/mol. The van der Waals surface area contributed by atoms with Crippen LogP contribution in [0.1, 0.15) is 31.8 Å². The van der Waals surface area contributed by atoms with Crippen molar-refractivity contribution >= 4 is 29.4 Å². The van der Waals surface area contributed by atoms with Crippen molar-refractivity contribution in [2.45, 2.75) is 6.54 Å². The fourth-order valence-corrected chi connectivity index (χ4v) is 3.36. The number of halogens is 1. The average molecular weight is 415 g/mol. The molecule has 2 amide bonds. The molecule has 0 atom stereocenters. The summed E-state index contributed by atoms with van der Waals surface area (Å²) in [6.07, 6.45) is 4.66. The second kappa shape index (κ2) is 8.31. The van der Waals surface area contributed by atoms with Crippen LogP contribution in [0.2, 0.25) is 0 Å². The van der Waals surface area contributed by atoms with Crippen LogP contribution in [0.25, 0.3) is 6.08 Å². The van der Waals surface area contributed by atoms with E-state index < -0.39 is 17.5 Å². The highest BCUT2D eigenvalue weighted by Crippen LogP contribution is 2.31. The van der Waals surface area contributed by atoms with Gasteiger partial charge in [-0.2, -0.15) is 0 Å². The Hall–Kier alpha value is -4.13. The fraction of sp³-hybridized carbons (Fsp3) is 0.0833. The lowest BCUT2D eigenvalue weighted by Crippen LogP contribution is -2.37. The highest BCUT2D eigenvalue weighted by molar-refractivity contribution is 6.36. The second-order valence-electron chi connectivity index (χ2n) is 7.08. The molecule has 0 bridgehead atoms. The van der Waals surface area contributed by atoms with E-state index in [1.54, 1.807) is 43.7 Å². The number of carbonyl (C=O) groups excluding carboxylic acids is 3. The zero-order chi connectivity index (χ0) is 22.0. The molecule has 6 nitrogen and oxygen atoms in total. The van der Waals surface area contributed by atoms with Gasteiger partial charge in [-0.25, -0.2) is 4.39 Å². The normalized spacial score (nSPS) is 14.5. The van der Waals surface area contributed by atoms with E-state index in [1.165, 1.54) is 35.2 Å². The zero-order valence-electron chi connectivity index (χ0n) is 16.6. The standard InChI is InChI=1S/C24H18FN3O3/c1-28-21-8-7-17(23(30)27-14-16-5-3-9-26-13-16)12-19(21)22(29)20(24(28)31)11-15-4-2-6-18(25)10-15/h2-13H,14H2,1H3,(H,27,30)/b20-11-. The lowest BCUT2D eigenvalue weighted by atomic mass is 9.92. The van der Waals surface area contributed by atoms with Crippen LogP contribution >= 0.6 is 0 Å². The van der Waals surface area contributed by atoms with Gasteiger partial charge in [0.15, 0.2) is 0 Å². The monoisotopic (exact) mass is 415 g/mol. The van der Waals surface area contributed by atoms with Gasteiger partial charge in [-0.1, -0.05) is 18.2 Å². The number of rotatable bonds is 4. The molecule has 3 aromatic rings. The van der Waals surface area contributed by atoms with Crippen LogP contribution in [-0.4, -0.2) is 29.6 Å². The number of ketones is 1. The number of hydrogen-bond donors (Lipinski definition) is 1. The first-order valence-corrected chi connectivity index (χ1v) is 9.55. The highest BCUT2D eigenvalue weighted by atomic mass is 19.1. The first kappa shape index (κ1) is 20.2. The molecule has 0 fully saturated rings. The van der Waals surface area contributed by atoms with Crippen LogP contribution in [0.4, 0.5) is 10.1 Å². The van der Waals surface area contributed by atoms with E-state index in [9.17, 15) is 18.8 Å². The number of amides is 2. The average Bonchev–Trinajstić information content (AvgIpc) is 2.79. The van der Waals surface area contributed by atoms with Gasteiger partial charge < -0.3 is 10.2 Å². The van der Waals surface area contributed by atoms with Gasteiger partial charge in [-0.15, -0.1) is 0 Å². The number of fused-ring (bicyclic) bond motifs is 1. The molecular weight excluding hydrogens is 397 g/mol. The Morgan fingerprint density at radius 2 is 1.97 bits per heavy atom. The Labute approximate surface area is 178 Å². The van der Waals surface area contributed by atoms with Crippen molar-refractivity contribution in [3.63, 3.8) is 0 Å². The molecule has 1 N–H and O–H groups in total. The molecular formula is C24H18FN3O3. The maximum Gasteiger partial charge on any atom is 0.262 e. The molecule has 4 rings (SSSR count). The van der Waals surface area contributed by atoms with Gasteiger partial charge in [-0.05, 0) is 53.6 Å². The number of Topliss-reactive ketones (excluding diaryl/α,β-unsaturated/α-hetero) is 1. The third-order valence-electron chi connectivity index (χ3n) is 4.98. The summed E-state index contributed by atoms with van der Waals surface area (Å²) in [4.78, 5) is 43.7. The molecule has 0 saturated carbocycles. The van der Waals surface area contributed by atoms with Crippen LogP contribution in [0.15, 0.2) is 72.6 Å². The smallest absolute Gasteiger partial charge is 0.262 e. The summed E-state index contributed by atoms with van der Waals surface area (Å²) in [5, 5.41) is 2.79. The minimum Gasteiger partial charge on any atom is -0.348 e. The molecule has 0 spiro atoms. The summed E-state index contributed by atoms with van der Waals surface area (Å²) in [7, 11) is 1.55. The zero-order valence-corrected chi connectivity index (χ0v) is 16.6. The molecule has 7 heteroatoms. The molecule has 31 heavy (non-hydrogen) atoms. The maximum absolute atomic E-state index is 13.5. The predicted octanol–water partition coefficient (Wildman–Crippen LogP) is 3.39. The summed E-state index contributed by atoms with van der Waals surface area (Å²) in [5.74, 6) is -1.82. The molecule has 0 radical (unpaired) electrons. The molecule has 0 aliphatic carbocycles. The fourth-order valence-electron chi connectivity index (χ4n) is 3.36. The minimum atomic E-state index is -0.510. The SMILES string of the molecule is CN1C(=O)/C(=C\c2cccc(F)c2)C(=O)c2cc(C(=O)NCc3cccnc3)ccc21. The minimum absolute atomic E-state index is 0.0893. The first-order valence-electron chi connectivity index (χ1n) is 9.55. The number of benzene rings is 2. The summed E-state index contributed by atoms with van der Waals surface area (Å²) in [5.41, 5.74) is 2.10. The molecule has 0 unspecified atom stereocenters. The number of nitrogens with zero attached hydrogens (tertiary/aromatic N) is 2. The summed E-state index contributed by atoms with van der Waals surface area (Å²) in [6, 6.07) is 13.9. The molecule has 1 aromatic heterocycles. The van der Waals surface area contributed by atoms with Gasteiger partial charge in [0.1, 0.15) is 5.82 Å².